The lowest BCUT2D eigenvalue weighted by Crippen LogP contribution is -2.02. The molecule has 0 atom stereocenters. The molecular weight excluding hydrogens is 314 g/mol. The molecule has 0 bridgehead atoms. The van der Waals surface area contributed by atoms with Gasteiger partial charge in [0, 0.05) is 22.7 Å². The molecular formula is C19H15N5O. The van der Waals surface area contributed by atoms with Gasteiger partial charge in [-0.15, -0.1) is 10.2 Å². The summed E-state index contributed by atoms with van der Waals surface area (Å²) in [7, 11) is 1.64. The molecule has 25 heavy (non-hydrogen) atoms. The summed E-state index contributed by atoms with van der Waals surface area (Å²) in [6.45, 7) is 0. The number of nitrogens with two attached hydrogens (primary N) is 1. The van der Waals surface area contributed by atoms with Gasteiger partial charge in [-0.1, -0.05) is 36.4 Å². The van der Waals surface area contributed by atoms with E-state index in [1.807, 2.05) is 54.6 Å². The van der Waals surface area contributed by atoms with Crippen LogP contribution in [0, 0.1) is 0 Å². The molecule has 2 aromatic heterocycles. The van der Waals surface area contributed by atoms with E-state index in [-0.39, 0.29) is 5.95 Å². The van der Waals surface area contributed by atoms with E-state index in [1.54, 1.807) is 13.3 Å². The molecule has 122 valence electrons. The molecule has 0 saturated heterocycles. The van der Waals surface area contributed by atoms with Crippen LogP contribution in [0.3, 0.4) is 0 Å². The molecule has 0 aliphatic carbocycles. The van der Waals surface area contributed by atoms with Crippen LogP contribution in [0.1, 0.15) is 0 Å². The van der Waals surface area contributed by atoms with E-state index in [9.17, 15) is 0 Å². The smallest absolute Gasteiger partial charge is 0.240 e. The van der Waals surface area contributed by atoms with Gasteiger partial charge in [0.15, 0.2) is 0 Å². The predicted molar refractivity (Wildman–Crippen MR) is 97.0 cm³/mol. The Hall–Kier alpha value is -3.54. The van der Waals surface area contributed by atoms with Gasteiger partial charge in [0.05, 0.1) is 12.6 Å². The van der Waals surface area contributed by atoms with Crippen molar-refractivity contribution in [3.63, 3.8) is 0 Å². The number of nitrogens with zero attached hydrogens (tertiary/aromatic N) is 4. The number of nitrogen functional groups attached to an aromatic ring is 1. The van der Waals surface area contributed by atoms with Crippen LogP contribution in [0.2, 0.25) is 0 Å². The fourth-order valence-electron chi connectivity index (χ4n) is 2.78. The van der Waals surface area contributed by atoms with Crippen LogP contribution in [0.15, 0.2) is 60.8 Å². The predicted octanol–water partition coefficient (Wildman–Crippen LogP) is 3.34. The summed E-state index contributed by atoms with van der Waals surface area (Å²) in [5.74, 6) is 0.895. The number of pyridine rings is 1. The summed E-state index contributed by atoms with van der Waals surface area (Å²) in [6, 6.07) is 17.5. The molecule has 0 spiro atoms. The molecule has 2 heterocycles. The molecule has 0 unspecified atom stereocenters. The maximum Gasteiger partial charge on any atom is 0.240 e. The molecule has 4 aromatic rings. The maximum atomic E-state index is 5.76. The Morgan fingerprint density at radius 2 is 1.72 bits per heavy atom. The summed E-state index contributed by atoms with van der Waals surface area (Å²) in [4.78, 5) is 8.77. The topological polar surface area (TPSA) is 86.8 Å². The van der Waals surface area contributed by atoms with Gasteiger partial charge in [0.1, 0.15) is 17.1 Å². The summed E-state index contributed by atoms with van der Waals surface area (Å²) >= 11 is 0. The van der Waals surface area contributed by atoms with Gasteiger partial charge in [-0.05, 0) is 18.2 Å². The molecule has 0 saturated carbocycles. The number of benzene rings is 2. The molecule has 6 heteroatoms. The summed E-state index contributed by atoms with van der Waals surface area (Å²) in [5, 5.41) is 9.13. The SMILES string of the molecule is COc1ccnc2ccc(-c3nnc(N)nc3-c3ccccc3)cc12. The minimum Gasteiger partial charge on any atom is -0.496 e. The first-order valence-electron chi connectivity index (χ1n) is 7.75. The van der Waals surface area contributed by atoms with Gasteiger partial charge >= 0.3 is 0 Å². The van der Waals surface area contributed by atoms with E-state index in [2.05, 4.69) is 20.2 Å². The fourth-order valence-corrected chi connectivity index (χ4v) is 2.78. The van der Waals surface area contributed by atoms with Crippen molar-refractivity contribution in [3.05, 3.63) is 60.8 Å². The minimum atomic E-state index is 0.141. The lowest BCUT2D eigenvalue weighted by molar-refractivity contribution is 0.419. The quantitative estimate of drug-likeness (QED) is 0.620. The number of ether oxygens (including phenoxy) is 1. The zero-order chi connectivity index (χ0) is 17.2. The number of hydrogen-bond acceptors (Lipinski definition) is 6. The number of anilines is 1. The Labute approximate surface area is 144 Å². The second kappa shape index (κ2) is 6.16. The third kappa shape index (κ3) is 2.74. The normalized spacial score (nSPS) is 10.8. The highest BCUT2D eigenvalue weighted by Crippen LogP contribution is 2.32. The number of fused-ring (bicyclic) bond motifs is 1. The lowest BCUT2D eigenvalue weighted by Gasteiger charge is -2.10. The van der Waals surface area contributed by atoms with Crippen molar-refractivity contribution >= 4 is 16.9 Å². The number of aromatic nitrogens is 4. The van der Waals surface area contributed by atoms with Gasteiger partial charge in [0.25, 0.3) is 0 Å². The summed E-state index contributed by atoms with van der Waals surface area (Å²) < 4.78 is 5.44. The molecule has 6 nitrogen and oxygen atoms in total. The summed E-state index contributed by atoms with van der Waals surface area (Å²) in [5.41, 5.74) is 9.76. The van der Waals surface area contributed by atoms with Gasteiger partial charge in [-0.25, -0.2) is 4.98 Å². The standard InChI is InChI=1S/C19H15N5O/c1-25-16-9-10-21-15-8-7-13(11-14(15)16)18-17(22-19(20)24-23-18)12-5-3-2-4-6-12/h2-11H,1H3,(H2,20,22,24). The molecule has 4 rings (SSSR count). The number of rotatable bonds is 3. The molecule has 0 aliphatic heterocycles. The van der Waals surface area contributed by atoms with Crippen LogP contribution in [-0.2, 0) is 0 Å². The van der Waals surface area contributed by atoms with Crippen LogP contribution in [0.25, 0.3) is 33.4 Å². The molecule has 0 amide bonds. The number of methoxy groups -OCH3 is 1. The van der Waals surface area contributed by atoms with Crippen molar-refractivity contribution < 1.29 is 4.74 Å². The first-order chi connectivity index (χ1) is 12.3. The maximum absolute atomic E-state index is 5.76. The highest BCUT2D eigenvalue weighted by atomic mass is 16.5. The van der Waals surface area contributed by atoms with Crippen molar-refractivity contribution in [2.24, 2.45) is 0 Å². The van der Waals surface area contributed by atoms with E-state index in [1.165, 1.54) is 0 Å². The Morgan fingerprint density at radius 1 is 0.880 bits per heavy atom. The third-order valence-electron chi connectivity index (χ3n) is 3.95. The van der Waals surface area contributed by atoms with E-state index in [0.717, 1.165) is 27.8 Å². The first kappa shape index (κ1) is 15.0. The lowest BCUT2D eigenvalue weighted by atomic mass is 10.0. The van der Waals surface area contributed by atoms with Gasteiger partial charge in [0.2, 0.25) is 5.95 Å². The highest BCUT2D eigenvalue weighted by molar-refractivity contribution is 5.90. The summed E-state index contributed by atoms with van der Waals surface area (Å²) in [6.07, 6.45) is 1.72. The largest absolute Gasteiger partial charge is 0.496 e. The van der Waals surface area contributed by atoms with Crippen LogP contribution < -0.4 is 10.5 Å². The molecule has 0 radical (unpaired) electrons. The molecule has 2 aromatic carbocycles. The van der Waals surface area contributed by atoms with Gasteiger partial charge in [-0.2, -0.15) is 0 Å². The Bertz CT molecular complexity index is 1050. The zero-order valence-corrected chi connectivity index (χ0v) is 13.5. The fraction of sp³-hybridized carbons (Fsp3) is 0.0526. The Kier molecular flexibility index (Phi) is 3.70. The highest BCUT2D eigenvalue weighted by Gasteiger charge is 2.14. The Morgan fingerprint density at radius 3 is 2.52 bits per heavy atom. The third-order valence-corrected chi connectivity index (χ3v) is 3.95. The van der Waals surface area contributed by atoms with Crippen LogP contribution in [-0.4, -0.2) is 27.3 Å². The first-order valence-corrected chi connectivity index (χ1v) is 7.75. The van der Waals surface area contributed by atoms with Crippen LogP contribution in [0.5, 0.6) is 5.75 Å². The molecule has 2 N–H and O–H groups in total. The number of hydrogen-bond donors (Lipinski definition) is 1. The van der Waals surface area contributed by atoms with Crippen molar-refractivity contribution in [3.8, 4) is 28.3 Å². The zero-order valence-electron chi connectivity index (χ0n) is 13.5. The van der Waals surface area contributed by atoms with Crippen LogP contribution >= 0.6 is 0 Å². The van der Waals surface area contributed by atoms with E-state index in [4.69, 9.17) is 10.5 Å². The molecule has 0 fully saturated rings. The molecule has 0 aliphatic rings. The van der Waals surface area contributed by atoms with E-state index in [0.29, 0.717) is 11.4 Å². The average Bonchev–Trinajstić information content (AvgIpc) is 2.67. The second-order valence-corrected chi connectivity index (χ2v) is 5.48. The van der Waals surface area contributed by atoms with Crippen molar-refractivity contribution in [1.82, 2.24) is 20.2 Å². The van der Waals surface area contributed by atoms with Gasteiger partial charge < -0.3 is 10.5 Å². The van der Waals surface area contributed by atoms with E-state index < -0.39 is 0 Å². The van der Waals surface area contributed by atoms with Crippen molar-refractivity contribution in [2.75, 3.05) is 12.8 Å². The average molecular weight is 329 g/mol. The van der Waals surface area contributed by atoms with Crippen molar-refractivity contribution in [2.45, 2.75) is 0 Å². The van der Waals surface area contributed by atoms with Gasteiger partial charge in [-0.3, -0.25) is 4.98 Å². The minimum absolute atomic E-state index is 0.141. The second-order valence-electron chi connectivity index (χ2n) is 5.48. The monoisotopic (exact) mass is 329 g/mol. The Balaban J connectivity index is 1.95. The van der Waals surface area contributed by atoms with Crippen molar-refractivity contribution in [1.29, 1.82) is 0 Å². The van der Waals surface area contributed by atoms with E-state index >= 15 is 0 Å². The van der Waals surface area contributed by atoms with Crippen LogP contribution in [0.4, 0.5) is 5.95 Å².